The van der Waals surface area contributed by atoms with Crippen molar-refractivity contribution in [1.82, 2.24) is 10.6 Å². The lowest BCUT2D eigenvalue weighted by Crippen LogP contribution is -2.34. The molecule has 0 aliphatic carbocycles. The van der Waals surface area contributed by atoms with Crippen LogP contribution in [0.4, 0.5) is 0 Å². The molecule has 0 aromatic heterocycles. The molecule has 1 amide bonds. The molecule has 0 atom stereocenters. The van der Waals surface area contributed by atoms with Gasteiger partial charge in [-0.15, -0.1) is 0 Å². The Morgan fingerprint density at radius 2 is 1.84 bits per heavy atom. The molecule has 0 spiro atoms. The zero-order valence-electron chi connectivity index (χ0n) is 11.1. The van der Waals surface area contributed by atoms with Crippen molar-refractivity contribution in [2.24, 2.45) is 5.92 Å². The number of carbonyl (C=O) groups is 1. The maximum Gasteiger partial charge on any atom is 0.222 e. The Balaban J connectivity index is 2.34. The van der Waals surface area contributed by atoms with Crippen LogP contribution in [-0.2, 0) is 11.3 Å². The van der Waals surface area contributed by atoms with Gasteiger partial charge in [-0.05, 0) is 6.07 Å². The molecule has 0 aliphatic rings. The highest BCUT2D eigenvalue weighted by Gasteiger charge is 2.10. The third-order valence-corrected chi connectivity index (χ3v) is 2.65. The Bertz CT molecular complexity index is 447. The summed E-state index contributed by atoms with van der Waals surface area (Å²) in [6.07, 6.45) is 0. The average molecular weight is 268 g/mol. The van der Waals surface area contributed by atoms with Gasteiger partial charge < -0.3 is 26.0 Å². The van der Waals surface area contributed by atoms with Gasteiger partial charge in [-0.25, -0.2) is 0 Å². The molecule has 0 saturated heterocycles. The first-order valence-corrected chi connectivity index (χ1v) is 6.14. The van der Waals surface area contributed by atoms with Crippen molar-refractivity contribution in [3.05, 3.63) is 17.7 Å². The van der Waals surface area contributed by atoms with Gasteiger partial charge in [0.15, 0.2) is 11.5 Å². The molecule has 1 aromatic carbocycles. The maximum absolute atomic E-state index is 11.3. The Morgan fingerprint density at radius 1 is 1.16 bits per heavy atom. The summed E-state index contributed by atoms with van der Waals surface area (Å²) in [4.78, 5) is 11.3. The summed E-state index contributed by atoms with van der Waals surface area (Å²) in [5.74, 6) is -1.26. The van der Waals surface area contributed by atoms with E-state index in [9.17, 15) is 15.0 Å². The van der Waals surface area contributed by atoms with Crippen molar-refractivity contribution in [2.75, 3.05) is 13.1 Å². The highest BCUT2D eigenvalue weighted by Crippen LogP contribution is 2.36. The van der Waals surface area contributed by atoms with E-state index in [0.717, 1.165) is 0 Å². The van der Waals surface area contributed by atoms with Gasteiger partial charge in [0.25, 0.3) is 0 Å². The van der Waals surface area contributed by atoms with Gasteiger partial charge in [0, 0.05) is 31.1 Å². The monoisotopic (exact) mass is 268 g/mol. The minimum Gasteiger partial charge on any atom is -0.504 e. The lowest BCUT2D eigenvalue weighted by molar-refractivity contribution is -0.123. The predicted molar refractivity (Wildman–Crippen MR) is 71.0 cm³/mol. The fourth-order valence-corrected chi connectivity index (χ4v) is 1.45. The molecular formula is C13H20N2O4. The van der Waals surface area contributed by atoms with Crippen LogP contribution < -0.4 is 10.6 Å². The topological polar surface area (TPSA) is 102 Å². The quantitative estimate of drug-likeness (QED) is 0.385. The van der Waals surface area contributed by atoms with Crippen LogP contribution in [0.25, 0.3) is 0 Å². The molecule has 0 saturated carbocycles. The smallest absolute Gasteiger partial charge is 0.222 e. The molecule has 0 aliphatic heterocycles. The lowest BCUT2D eigenvalue weighted by atomic mass is 10.1. The van der Waals surface area contributed by atoms with Crippen LogP contribution in [0.2, 0.25) is 0 Å². The molecular weight excluding hydrogens is 248 g/mol. The molecule has 1 aromatic rings. The lowest BCUT2D eigenvalue weighted by Gasteiger charge is -2.10. The van der Waals surface area contributed by atoms with Gasteiger partial charge in [-0.3, -0.25) is 4.79 Å². The number of aromatic hydroxyl groups is 3. The standard InChI is InChI=1S/C13H20N2O4/c1-8(2)13(19)15-6-5-14-7-9-3-4-10(16)12(18)11(9)17/h3-4,8,14,16-18H,5-7H2,1-2H3,(H,15,19). The van der Waals surface area contributed by atoms with Crippen LogP contribution in [0.5, 0.6) is 17.2 Å². The van der Waals surface area contributed by atoms with Gasteiger partial charge in [0.05, 0.1) is 0 Å². The summed E-state index contributed by atoms with van der Waals surface area (Å²) in [5.41, 5.74) is 0.477. The van der Waals surface area contributed by atoms with Gasteiger partial charge in [0.1, 0.15) is 0 Å². The summed E-state index contributed by atoms with van der Waals surface area (Å²) in [6.45, 7) is 5.00. The highest BCUT2D eigenvalue weighted by atomic mass is 16.3. The first kappa shape index (κ1) is 15.1. The fourth-order valence-electron chi connectivity index (χ4n) is 1.45. The van der Waals surface area contributed by atoms with Gasteiger partial charge in [-0.1, -0.05) is 19.9 Å². The van der Waals surface area contributed by atoms with Crippen molar-refractivity contribution in [2.45, 2.75) is 20.4 Å². The summed E-state index contributed by atoms with van der Waals surface area (Å²) in [6, 6.07) is 2.83. The summed E-state index contributed by atoms with van der Waals surface area (Å²) in [5, 5.41) is 33.9. The number of rotatable bonds is 6. The summed E-state index contributed by atoms with van der Waals surface area (Å²) >= 11 is 0. The number of hydrogen-bond donors (Lipinski definition) is 5. The maximum atomic E-state index is 11.3. The molecule has 0 heterocycles. The van der Waals surface area contributed by atoms with Crippen molar-refractivity contribution in [3.8, 4) is 17.2 Å². The molecule has 6 nitrogen and oxygen atoms in total. The molecule has 5 N–H and O–H groups in total. The van der Waals surface area contributed by atoms with E-state index in [2.05, 4.69) is 10.6 Å². The minimum atomic E-state index is -0.521. The van der Waals surface area contributed by atoms with E-state index < -0.39 is 5.75 Å². The van der Waals surface area contributed by atoms with Crippen LogP contribution in [0.3, 0.4) is 0 Å². The van der Waals surface area contributed by atoms with Gasteiger partial charge in [-0.2, -0.15) is 0 Å². The van der Waals surface area contributed by atoms with E-state index in [4.69, 9.17) is 5.11 Å². The van der Waals surface area contributed by atoms with E-state index in [1.54, 1.807) is 0 Å². The molecule has 0 bridgehead atoms. The third kappa shape index (κ3) is 4.33. The van der Waals surface area contributed by atoms with E-state index in [0.29, 0.717) is 25.2 Å². The van der Waals surface area contributed by atoms with Crippen molar-refractivity contribution in [1.29, 1.82) is 0 Å². The predicted octanol–water partition coefficient (Wildman–Crippen LogP) is 0.665. The SMILES string of the molecule is CC(C)C(=O)NCCNCc1ccc(O)c(O)c1O. The fraction of sp³-hybridized carbons (Fsp3) is 0.462. The van der Waals surface area contributed by atoms with Gasteiger partial charge in [0.2, 0.25) is 11.7 Å². The zero-order chi connectivity index (χ0) is 14.4. The van der Waals surface area contributed by atoms with E-state index in [1.165, 1.54) is 12.1 Å². The number of phenolic OH excluding ortho intramolecular Hbond substituents is 3. The summed E-state index contributed by atoms with van der Waals surface area (Å²) in [7, 11) is 0. The highest BCUT2D eigenvalue weighted by molar-refractivity contribution is 5.77. The van der Waals surface area contributed by atoms with Crippen molar-refractivity contribution in [3.63, 3.8) is 0 Å². The Hall–Kier alpha value is -1.95. The molecule has 1 rings (SSSR count). The number of phenols is 3. The van der Waals surface area contributed by atoms with Crippen LogP contribution >= 0.6 is 0 Å². The number of hydrogen-bond acceptors (Lipinski definition) is 5. The normalized spacial score (nSPS) is 10.7. The van der Waals surface area contributed by atoms with E-state index in [1.807, 2.05) is 13.8 Å². The number of carbonyl (C=O) groups excluding carboxylic acids is 1. The van der Waals surface area contributed by atoms with E-state index in [-0.39, 0.29) is 23.3 Å². The van der Waals surface area contributed by atoms with E-state index >= 15 is 0 Å². The average Bonchev–Trinajstić information content (AvgIpc) is 2.37. The molecule has 6 heteroatoms. The molecule has 106 valence electrons. The number of amides is 1. The number of nitrogens with one attached hydrogen (secondary N) is 2. The van der Waals surface area contributed by atoms with Crippen LogP contribution in [0.1, 0.15) is 19.4 Å². The second-order valence-corrected chi connectivity index (χ2v) is 4.56. The molecule has 0 unspecified atom stereocenters. The largest absolute Gasteiger partial charge is 0.504 e. The molecule has 0 radical (unpaired) electrons. The van der Waals surface area contributed by atoms with Crippen LogP contribution in [0.15, 0.2) is 12.1 Å². The minimum absolute atomic E-state index is 0.00748. The Kier molecular flexibility index (Phi) is 5.44. The second kappa shape index (κ2) is 6.84. The first-order chi connectivity index (χ1) is 8.93. The summed E-state index contributed by atoms with van der Waals surface area (Å²) < 4.78 is 0. The molecule has 19 heavy (non-hydrogen) atoms. The van der Waals surface area contributed by atoms with Crippen LogP contribution in [-0.4, -0.2) is 34.3 Å². The Morgan fingerprint density at radius 3 is 2.47 bits per heavy atom. The van der Waals surface area contributed by atoms with Crippen molar-refractivity contribution >= 4 is 5.91 Å². The zero-order valence-corrected chi connectivity index (χ0v) is 11.1. The third-order valence-electron chi connectivity index (χ3n) is 2.65. The van der Waals surface area contributed by atoms with Gasteiger partial charge >= 0.3 is 0 Å². The van der Waals surface area contributed by atoms with Crippen molar-refractivity contribution < 1.29 is 20.1 Å². The first-order valence-electron chi connectivity index (χ1n) is 6.14. The van der Waals surface area contributed by atoms with Crippen LogP contribution in [0, 0.1) is 5.92 Å². The second-order valence-electron chi connectivity index (χ2n) is 4.56. The Labute approximate surface area is 112 Å². The molecule has 0 fully saturated rings. The number of benzene rings is 1.